The Kier molecular flexibility index (Phi) is 4.44. The maximum Gasteiger partial charge on any atom is 0.144 e. The summed E-state index contributed by atoms with van der Waals surface area (Å²) in [5.74, 6) is -0.00722. The first-order chi connectivity index (χ1) is 7.67. The van der Waals surface area contributed by atoms with Crippen LogP contribution in [-0.4, -0.2) is 23.5 Å². The molecule has 0 aromatic carbocycles. The second-order valence-corrected chi connectivity index (χ2v) is 3.85. The van der Waals surface area contributed by atoms with Gasteiger partial charge in [-0.3, -0.25) is 0 Å². The molecule has 0 N–H and O–H groups in total. The lowest BCUT2D eigenvalue weighted by atomic mass is 10.1. The molecule has 0 saturated carbocycles. The van der Waals surface area contributed by atoms with Gasteiger partial charge in [-0.1, -0.05) is 6.07 Å². The molecule has 0 radical (unpaired) electrons. The fourth-order valence-electron chi connectivity index (χ4n) is 1.53. The standard InChI is InChI=1S/C12H14N4/c1-10(6-13)8-16(2)9-11-4-3-5-15-12(11)7-14/h3-5,10H,8-9H2,1-2H3. The number of hydrogen-bond donors (Lipinski definition) is 0. The van der Waals surface area contributed by atoms with Crippen molar-refractivity contribution in [3.8, 4) is 12.1 Å². The van der Waals surface area contributed by atoms with Crippen LogP contribution >= 0.6 is 0 Å². The van der Waals surface area contributed by atoms with Crippen LogP contribution in [0, 0.1) is 28.6 Å². The van der Waals surface area contributed by atoms with Crippen molar-refractivity contribution < 1.29 is 0 Å². The summed E-state index contributed by atoms with van der Waals surface area (Å²) >= 11 is 0. The highest BCUT2D eigenvalue weighted by atomic mass is 15.1. The molecule has 0 spiro atoms. The zero-order valence-corrected chi connectivity index (χ0v) is 9.51. The van der Waals surface area contributed by atoms with Crippen molar-refractivity contribution in [2.45, 2.75) is 13.5 Å². The van der Waals surface area contributed by atoms with Gasteiger partial charge in [0.15, 0.2) is 0 Å². The van der Waals surface area contributed by atoms with E-state index in [1.54, 1.807) is 6.20 Å². The van der Waals surface area contributed by atoms with Crippen LogP contribution in [0.25, 0.3) is 0 Å². The third-order valence-electron chi connectivity index (χ3n) is 2.24. The monoisotopic (exact) mass is 214 g/mol. The highest BCUT2D eigenvalue weighted by Gasteiger charge is 2.08. The summed E-state index contributed by atoms with van der Waals surface area (Å²) in [6.45, 7) is 3.21. The zero-order valence-electron chi connectivity index (χ0n) is 9.51. The summed E-state index contributed by atoms with van der Waals surface area (Å²) in [6.07, 6.45) is 1.61. The van der Waals surface area contributed by atoms with Gasteiger partial charge in [0.25, 0.3) is 0 Å². The van der Waals surface area contributed by atoms with E-state index < -0.39 is 0 Å². The Morgan fingerprint density at radius 1 is 1.50 bits per heavy atom. The Hall–Kier alpha value is -1.91. The van der Waals surface area contributed by atoms with Crippen LogP contribution in [-0.2, 0) is 6.54 Å². The Morgan fingerprint density at radius 3 is 2.88 bits per heavy atom. The topological polar surface area (TPSA) is 63.7 Å². The van der Waals surface area contributed by atoms with E-state index in [-0.39, 0.29) is 5.92 Å². The summed E-state index contributed by atoms with van der Waals surface area (Å²) in [4.78, 5) is 6.02. The molecule has 0 bridgehead atoms. The van der Waals surface area contributed by atoms with Gasteiger partial charge >= 0.3 is 0 Å². The molecular formula is C12H14N4. The van der Waals surface area contributed by atoms with Crippen LogP contribution in [0.1, 0.15) is 18.2 Å². The van der Waals surface area contributed by atoms with Gasteiger partial charge in [0.05, 0.1) is 12.0 Å². The van der Waals surface area contributed by atoms with Crippen LogP contribution < -0.4 is 0 Å². The Bertz CT molecular complexity index is 427. The maximum atomic E-state index is 8.88. The zero-order chi connectivity index (χ0) is 12.0. The largest absolute Gasteiger partial charge is 0.301 e. The fraction of sp³-hybridized carbons (Fsp3) is 0.417. The van der Waals surface area contributed by atoms with E-state index in [1.807, 2.05) is 31.0 Å². The minimum absolute atomic E-state index is 0.00722. The molecule has 0 saturated heterocycles. The molecule has 4 nitrogen and oxygen atoms in total. The van der Waals surface area contributed by atoms with Gasteiger partial charge in [0.1, 0.15) is 11.8 Å². The number of aromatic nitrogens is 1. The average Bonchev–Trinajstić information content (AvgIpc) is 2.29. The average molecular weight is 214 g/mol. The van der Waals surface area contributed by atoms with Crippen molar-refractivity contribution >= 4 is 0 Å². The van der Waals surface area contributed by atoms with Crippen molar-refractivity contribution in [3.63, 3.8) is 0 Å². The van der Waals surface area contributed by atoms with Gasteiger partial charge < -0.3 is 4.90 Å². The van der Waals surface area contributed by atoms with Gasteiger partial charge in [-0.15, -0.1) is 0 Å². The molecule has 0 fully saturated rings. The minimum Gasteiger partial charge on any atom is -0.301 e. The van der Waals surface area contributed by atoms with E-state index in [0.717, 1.165) is 5.56 Å². The van der Waals surface area contributed by atoms with Crippen molar-refractivity contribution in [1.29, 1.82) is 10.5 Å². The lowest BCUT2D eigenvalue weighted by Crippen LogP contribution is -2.23. The Balaban J connectivity index is 2.67. The third kappa shape index (κ3) is 3.34. The van der Waals surface area contributed by atoms with Crippen LogP contribution in [0.3, 0.4) is 0 Å². The predicted molar refractivity (Wildman–Crippen MR) is 60.1 cm³/mol. The second-order valence-electron chi connectivity index (χ2n) is 3.85. The normalized spacial score (nSPS) is 11.8. The van der Waals surface area contributed by atoms with Crippen LogP contribution in [0.5, 0.6) is 0 Å². The quantitative estimate of drug-likeness (QED) is 0.762. The molecule has 0 amide bonds. The summed E-state index contributed by atoms with van der Waals surface area (Å²) in [5, 5.41) is 17.6. The minimum atomic E-state index is -0.00722. The SMILES string of the molecule is CC(C#N)CN(C)Cc1cccnc1C#N. The van der Waals surface area contributed by atoms with Crippen LogP contribution in [0.4, 0.5) is 0 Å². The molecule has 4 heteroatoms. The summed E-state index contributed by atoms with van der Waals surface area (Å²) in [6, 6.07) is 7.96. The first-order valence-electron chi connectivity index (χ1n) is 5.09. The van der Waals surface area contributed by atoms with Gasteiger partial charge in [0.2, 0.25) is 0 Å². The number of rotatable bonds is 4. The van der Waals surface area contributed by atoms with Crippen LogP contribution in [0.2, 0.25) is 0 Å². The van der Waals surface area contributed by atoms with E-state index in [0.29, 0.717) is 18.8 Å². The second kappa shape index (κ2) is 5.85. The molecule has 1 aromatic rings. The summed E-state index contributed by atoms with van der Waals surface area (Å²) < 4.78 is 0. The lowest BCUT2D eigenvalue weighted by molar-refractivity contribution is 0.302. The summed E-state index contributed by atoms with van der Waals surface area (Å²) in [5.41, 5.74) is 1.36. The van der Waals surface area contributed by atoms with E-state index >= 15 is 0 Å². The van der Waals surface area contributed by atoms with Crippen LogP contribution in [0.15, 0.2) is 18.3 Å². The molecule has 1 rings (SSSR count). The molecule has 1 aromatic heterocycles. The van der Waals surface area contributed by atoms with E-state index in [1.165, 1.54) is 0 Å². The van der Waals surface area contributed by atoms with Gasteiger partial charge in [0, 0.05) is 24.8 Å². The molecule has 1 heterocycles. The molecule has 0 aliphatic rings. The molecular weight excluding hydrogens is 200 g/mol. The van der Waals surface area contributed by atoms with Crippen molar-refractivity contribution in [1.82, 2.24) is 9.88 Å². The highest BCUT2D eigenvalue weighted by molar-refractivity contribution is 5.30. The summed E-state index contributed by atoms with van der Waals surface area (Å²) in [7, 11) is 1.93. The number of nitrogens with zero attached hydrogens (tertiary/aromatic N) is 4. The van der Waals surface area contributed by atoms with Crippen molar-refractivity contribution in [2.24, 2.45) is 5.92 Å². The number of nitriles is 2. The first-order valence-corrected chi connectivity index (χ1v) is 5.09. The number of hydrogen-bond acceptors (Lipinski definition) is 4. The molecule has 1 atom stereocenters. The van der Waals surface area contributed by atoms with Gasteiger partial charge in [-0.05, 0) is 20.0 Å². The molecule has 0 aliphatic heterocycles. The number of pyridine rings is 1. The Morgan fingerprint density at radius 2 is 2.25 bits per heavy atom. The van der Waals surface area contributed by atoms with E-state index in [9.17, 15) is 0 Å². The molecule has 16 heavy (non-hydrogen) atoms. The maximum absolute atomic E-state index is 8.88. The lowest BCUT2D eigenvalue weighted by Gasteiger charge is -2.17. The van der Waals surface area contributed by atoms with Crippen molar-refractivity contribution in [3.05, 3.63) is 29.6 Å². The highest BCUT2D eigenvalue weighted by Crippen LogP contribution is 2.08. The predicted octanol–water partition coefficient (Wildman–Crippen LogP) is 1.54. The van der Waals surface area contributed by atoms with E-state index in [2.05, 4.69) is 17.1 Å². The molecule has 0 aliphatic carbocycles. The first kappa shape index (κ1) is 12.2. The smallest absolute Gasteiger partial charge is 0.144 e. The van der Waals surface area contributed by atoms with Crippen molar-refractivity contribution in [2.75, 3.05) is 13.6 Å². The van der Waals surface area contributed by atoms with Gasteiger partial charge in [-0.2, -0.15) is 10.5 Å². The molecule has 82 valence electrons. The van der Waals surface area contributed by atoms with Gasteiger partial charge in [-0.25, -0.2) is 4.98 Å². The van der Waals surface area contributed by atoms with E-state index in [4.69, 9.17) is 10.5 Å². The third-order valence-corrected chi connectivity index (χ3v) is 2.24. The fourth-order valence-corrected chi connectivity index (χ4v) is 1.53. The Labute approximate surface area is 95.8 Å². The molecule has 1 unspecified atom stereocenters.